The third kappa shape index (κ3) is 4.75. The van der Waals surface area contributed by atoms with Crippen LogP contribution in [0.4, 0.5) is 5.69 Å². The highest BCUT2D eigenvalue weighted by molar-refractivity contribution is 6.00. The standard InChI is InChI=1S/C30H36N6O3/c1-30(2,3)26(33-27(37)25-14-19-8-4-5-9-23(19)32-25)29(39)36-18-21-15-22(36)17-35(21)28(38)24-11-10-20(16-31-24)34-12-6-7-13-34/h4-5,8-11,14,16,21-22,26,32H,6-7,12-13,15,17-18H2,1-3H3,(H,33,37)/t21-,22-,26+/m0/s1. The van der Waals surface area contributed by atoms with E-state index in [0.717, 1.165) is 36.1 Å². The molecule has 3 aromatic rings. The lowest BCUT2D eigenvalue weighted by Crippen LogP contribution is -2.59. The summed E-state index contributed by atoms with van der Waals surface area (Å²) in [5, 5.41) is 3.95. The molecule has 2 bridgehead atoms. The van der Waals surface area contributed by atoms with Gasteiger partial charge in [0.1, 0.15) is 17.4 Å². The predicted molar refractivity (Wildman–Crippen MR) is 150 cm³/mol. The Labute approximate surface area is 228 Å². The number of nitrogens with one attached hydrogen (secondary N) is 2. The second-order valence-corrected chi connectivity index (χ2v) is 12.1. The Kier molecular flexibility index (Phi) is 6.32. The summed E-state index contributed by atoms with van der Waals surface area (Å²) in [6.45, 7) is 8.90. The van der Waals surface area contributed by atoms with Gasteiger partial charge in [-0.15, -0.1) is 0 Å². The smallest absolute Gasteiger partial charge is 0.272 e. The highest BCUT2D eigenvalue weighted by atomic mass is 16.2. The Balaban J connectivity index is 1.12. The van der Waals surface area contributed by atoms with Crippen molar-refractivity contribution in [1.82, 2.24) is 25.1 Å². The molecule has 0 saturated carbocycles. The van der Waals surface area contributed by atoms with Crippen molar-refractivity contribution in [3.63, 3.8) is 0 Å². The molecule has 0 aliphatic carbocycles. The average molecular weight is 529 g/mol. The Hall–Kier alpha value is -3.88. The van der Waals surface area contributed by atoms with Crippen molar-refractivity contribution in [2.45, 2.75) is 58.2 Å². The lowest BCUT2D eigenvalue weighted by Gasteiger charge is -2.39. The molecule has 3 aliphatic heterocycles. The van der Waals surface area contributed by atoms with E-state index in [1.165, 1.54) is 12.8 Å². The minimum absolute atomic E-state index is 0.0449. The number of para-hydroxylation sites is 1. The van der Waals surface area contributed by atoms with Crippen molar-refractivity contribution in [3.8, 4) is 0 Å². The number of nitrogens with zero attached hydrogens (tertiary/aromatic N) is 4. The normalized spacial score (nSPS) is 21.6. The van der Waals surface area contributed by atoms with Crippen LogP contribution in [-0.2, 0) is 4.79 Å². The van der Waals surface area contributed by atoms with E-state index in [-0.39, 0.29) is 29.8 Å². The van der Waals surface area contributed by atoms with E-state index in [9.17, 15) is 14.4 Å². The number of fused-ring (bicyclic) bond motifs is 3. The molecule has 9 nitrogen and oxygen atoms in total. The minimum atomic E-state index is -0.695. The molecule has 3 aliphatic rings. The Morgan fingerprint density at radius 1 is 1.00 bits per heavy atom. The maximum absolute atomic E-state index is 13.8. The fourth-order valence-corrected chi connectivity index (χ4v) is 6.23. The number of carbonyl (C=O) groups excluding carboxylic acids is 3. The molecule has 39 heavy (non-hydrogen) atoms. The van der Waals surface area contributed by atoms with Crippen LogP contribution in [0, 0.1) is 5.41 Å². The molecule has 3 fully saturated rings. The third-order valence-electron chi connectivity index (χ3n) is 8.39. The van der Waals surface area contributed by atoms with Gasteiger partial charge in [-0.2, -0.15) is 0 Å². The quantitative estimate of drug-likeness (QED) is 0.528. The zero-order valence-electron chi connectivity index (χ0n) is 22.8. The number of piperazine rings is 1. The third-order valence-corrected chi connectivity index (χ3v) is 8.39. The molecule has 2 N–H and O–H groups in total. The summed E-state index contributed by atoms with van der Waals surface area (Å²) in [7, 11) is 0. The molecular formula is C30H36N6O3. The van der Waals surface area contributed by atoms with Gasteiger partial charge in [-0.1, -0.05) is 39.0 Å². The molecule has 2 aromatic heterocycles. The van der Waals surface area contributed by atoms with Crippen molar-refractivity contribution in [3.05, 3.63) is 60.0 Å². The summed E-state index contributed by atoms with van der Waals surface area (Å²) < 4.78 is 0. The van der Waals surface area contributed by atoms with E-state index < -0.39 is 11.5 Å². The van der Waals surface area contributed by atoms with E-state index in [2.05, 4.69) is 20.2 Å². The predicted octanol–water partition coefficient (Wildman–Crippen LogP) is 3.43. The van der Waals surface area contributed by atoms with Crippen LogP contribution in [0.2, 0.25) is 0 Å². The Morgan fingerprint density at radius 2 is 1.72 bits per heavy atom. The number of carbonyl (C=O) groups is 3. The number of amides is 3. The number of likely N-dealkylation sites (tertiary alicyclic amines) is 2. The fourth-order valence-electron chi connectivity index (χ4n) is 6.23. The second kappa shape index (κ2) is 9.70. The van der Waals surface area contributed by atoms with Gasteiger partial charge in [-0.25, -0.2) is 4.98 Å². The first-order valence-electron chi connectivity index (χ1n) is 13.9. The number of H-pyrrole nitrogens is 1. The molecule has 204 valence electrons. The van der Waals surface area contributed by atoms with Crippen LogP contribution in [0.5, 0.6) is 0 Å². The fraction of sp³-hybridized carbons (Fsp3) is 0.467. The van der Waals surface area contributed by atoms with Gasteiger partial charge in [0.05, 0.1) is 24.0 Å². The SMILES string of the molecule is CC(C)(C)[C@H](NC(=O)c1cc2ccccc2[nH]1)C(=O)N1C[C@@H]2C[C@H]1CN2C(=O)c1ccc(N2CCCC2)cn1. The molecule has 1 aromatic carbocycles. The molecule has 0 unspecified atom stereocenters. The lowest BCUT2D eigenvalue weighted by molar-refractivity contribution is -0.138. The summed E-state index contributed by atoms with van der Waals surface area (Å²) in [6.07, 6.45) is 4.92. The van der Waals surface area contributed by atoms with Crippen LogP contribution in [0.1, 0.15) is 61.0 Å². The molecule has 0 spiro atoms. The van der Waals surface area contributed by atoms with Gasteiger partial charge in [-0.05, 0) is 48.9 Å². The minimum Gasteiger partial charge on any atom is -0.370 e. The van der Waals surface area contributed by atoms with Crippen LogP contribution >= 0.6 is 0 Å². The molecule has 6 rings (SSSR count). The van der Waals surface area contributed by atoms with Crippen molar-refractivity contribution < 1.29 is 14.4 Å². The average Bonchev–Trinajstić information content (AvgIpc) is 3.73. The number of pyridine rings is 1. The number of benzene rings is 1. The van der Waals surface area contributed by atoms with Crippen molar-refractivity contribution in [2.75, 3.05) is 31.1 Å². The van der Waals surface area contributed by atoms with E-state index >= 15 is 0 Å². The molecule has 3 saturated heterocycles. The summed E-state index contributed by atoms with van der Waals surface area (Å²) in [5.41, 5.74) is 2.33. The lowest BCUT2D eigenvalue weighted by atomic mass is 9.85. The van der Waals surface area contributed by atoms with E-state index in [1.807, 2.05) is 73.0 Å². The van der Waals surface area contributed by atoms with E-state index in [1.54, 1.807) is 6.20 Å². The second-order valence-electron chi connectivity index (χ2n) is 12.1. The van der Waals surface area contributed by atoms with Crippen LogP contribution < -0.4 is 10.2 Å². The first-order valence-corrected chi connectivity index (χ1v) is 13.9. The van der Waals surface area contributed by atoms with Gasteiger partial charge >= 0.3 is 0 Å². The first kappa shape index (κ1) is 25.4. The van der Waals surface area contributed by atoms with Gasteiger partial charge in [0.2, 0.25) is 5.91 Å². The number of aromatic amines is 1. The van der Waals surface area contributed by atoms with Crippen LogP contribution in [0.25, 0.3) is 10.9 Å². The van der Waals surface area contributed by atoms with Gasteiger partial charge in [0.15, 0.2) is 0 Å². The zero-order chi connectivity index (χ0) is 27.3. The Bertz CT molecular complexity index is 1370. The van der Waals surface area contributed by atoms with Crippen molar-refractivity contribution in [1.29, 1.82) is 0 Å². The first-order chi connectivity index (χ1) is 18.7. The number of hydrogen-bond acceptors (Lipinski definition) is 5. The van der Waals surface area contributed by atoms with Crippen LogP contribution in [-0.4, -0.2) is 81.8 Å². The number of aromatic nitrogens is 2. The highest BCUT2D eigenvalue weighted by Crippen LogP contribution is 2.34. The zero-order valence-corrected chi connectivity index (χ0v) is 22.8. The largest absolute Gasteiger partial charge is 0.370 e. The van der Waals surface area contributed by atoms with E-state index in [0.29, 0.717) is 24.5 Å². The highest BCUT2D eigenvalue weighted by Gasteiger charge is 2.50. The summed E-state index contributed by atoms with van der Waals surface area (Å²) in [5.74, 6) is -0.481. The summed E-state index contributed by atoms with van der Waals surface area (Å²) in [4.78, 5) is 53.9. The molecule has 3 atom stereocenters. The molecule has 0 radical (unpaired) electrons. The maximum Gasteiger partial charge on any atom is 0.272 e. The molecule has 5 heterocycles. The van der Waals surface area contributed by atoms with Crippen molar-refractivity contribution in [2.24, 2.45) is 5.41 Å². The van der Waals surface area contributed by atoms with E-state index in [4.69, 9.17) is 0 Å². The van der Waals surface area contributed by atoms with Crippen molar-refractivity contribution >= 4 is 34.3 Å². The maximum atomic E-state index is 13.8. The monoisotopic (exact) mass is 528 g/mol. The van der Waals surface area contributed by atoms with Gasteiger partial charge in [0.25, 0.3) is 11.8 Å². The molecule has 3 amide bonds. The summed E-state index contributed by atoms with van der Waals surface area (Å²) in [6, 6.07) is 12.5. The van der Waals surface area contributed by atoms with Gasteiger partial charge < -0.3 is 25.0 Å². The van der Waals surface area contributed by atoms with Crippen LogP contribution in [0.15, 0.2) is 48.7 Å². The molecular weight excluding hydrogens is 492 g/mol. The van der Waals surface area contributed by atoms with Gasteiger partial charge in [-0.3, -0.25) is 14.4 Å². The molecule has 9 heteroatoms. The number of hydrogen-bond donors (Lipinski definition) is 2. The van der Waals surface area contributed by atoms with Gasteiger partial charge in [0, 0.05) is 37.1 Å². The number of rotatable bonds is 5. The number of anilines is 1. The van der Waals surface area contributed by atoms with Crippen LogP contribution in [0.3, 0.4) is 0 Å². The summed E-state index contributed by atoms with van der Waals surface area (Å²) >= 11 is 0. The topological polar surface area (TPSA) is 102 Å². The Morgan fingerprint density at radius 3 is 2.36 bits per heavy atom.